The van der Waals surface area contributed by atoms with Crippen LogP contribution in [0, 0.1) is 6.92 Å². The number of hydrazine groups is 1. The topological polar surface area (TPSA) is 112 Å². The van der Waals surface area contributed by atoms with Crippen molar-refractivity contribution >= 4 is 34.8 Å². The van der Waals surface area contributed by atoms with Crippen molar-refractivity contribution in [3.63, 3.8) is 0 Å². The first-order valence-electron chi connectivity index (χ1n) is 6.98. The summed E-state index contributed by atoms with van der Waals surface area (Å²) in [6, 6.07) is 5.95. The van der Waals surface area contributed by atoms with Gasteiger partial charge in [-0.2, -0.15) is 0 Å². The molecule has 2 aromatic heterocycles. The first kappa shape index (κ1) is 18.6. The molecule has 0 saturated carbocycles. The summed E-state index contributed by atoms with van der Waals surface area (Å²) in [4.78, 5) is 20.3. The van der Waals surface area contributed by atoms with Crippen molar-refractivity contribution in [1.29, 1.82) is 0 Å². The summed E-state index contributed by atoms with van der Waals surface area (Å²) < 4.78 is 1.38. The molecular weight excluding hydrogens is 366 g/mol. The van der Waals surface area contributed by atoms with Crippen LogP contribution >= 0.6 is 23.7 Å². The highest BCUT2D eigenvalue weighted by Crippen LogP contribution is 2.31. The fourth-order valence-electron chi connectivity index (χ4n) is 2.02. The molecule has 0 aliphatic rings. The Kier molecular flexibility index (Phi) is 5.50. The predicted octanol–water partition coefficient (Wildman–Crippen LogP) is 2.48. The van der Waals surface area contributed by atoms with Gasteiger partial charge in [0.1, 0.15) is 0 Å². The van der Waals surface area contributed by atoms with Crippen molar-refractivity contribution in [2.45, 2.75) is 6.92 Å². The number of thiazole rings is 1. The first-order chi connectivity index (χ1) is 11.4. The van der Waals surface area contributed by atoms with E-state index < -0.39 is 0 Å². The monoisotopic (exact) mass is 381 g/mol. The summed E-state index contributed by atoms with van der Waals surface area (Å²) in [5.41, 5.74) is 7.52. The molecule has 0 amide bonds. The number of aromatic hydroxyl groups is 2. The van der Waals surface area contributed by atoms with Crippen LogP contribution < -0.4 is 16.4 Å². The van der Waals surface area contributed by atoms with Gasteiger partial charge in [0.15, 0.2) is 11.5 Å². The quantitative estimate of drug-likeness (QED) is 0.405. The molecule has 2 heterocycles. The number of rotatable bonds is 4. The Morgan fingerprint density at radius 1 is 1.12 bits per heavy atom. The van der Waals surface area contributed by atoms with Gasteiger partial charge in [-0.25, -0.2) is 9.97 Å². The van der Waals surface area contributed by atoms with Crippen LogP contribution in [0.15, 0.2) is 34.4 Å². The van der Waals surface area contributed by atoms with Gasteiger partial charge in [-0.15, -0.1) is 23.7 Å². The van der Waals surface area contributed by atoms with E-state index in [0.29, 0.717) is 28.0 Å². The Morgan fingerprint density at radius 3 is 2.60 bits per heavy atom. The Hall–Kier alpha value is -2.78. The van der Waals surface area contributed by atoms with Crippen molar-refractivity contribution in [2.24, 2.45) is 7.05 Å². The number of anilines is 2. The Balaban J connectivity index is 0.00000225. The highest BCUT2D eigenvalue weighted by molar-refractivity contribution is 7.14. The van der Waals surface area contributed by atoms with Crippen LogP contribution in [-0.4, -0.2) is 24.7 Å². The van der Waals surface area contributed by atoms with Gasteiger partial charge < -0.3 is 10.2 Å². The molecule has 8 nitrogen and oxygen atoms in total. The van der Waals surface area contributed by atoms with Crippen LogP contribution in [0.5, 0.6) is 11.5 Å². The average Bonchev–Trinajstić information content (AvgIpc) is 3.01. The molecule has 0 atom stereocenters. The second-order valence-corrected chi connectivity index (χ2v) is 5.97. The molecule has 0 saturated heterocycles. The maximum atomic E-state index is 11.7. The molecule has 10 heteroatoms. The molecule has 3 aromatic rings. The summed E-state index contributed by atoms with van der Waals surface area (Å²) in [6.07, 6.45) is 0. The third kappa shape index (κ3) is 4.01. The van der Waals surface area contributed by atoms with E-state index in [4.69, 9.17) is 0 Å². The second kappa shape index (κ2) is 7.41. The number of halogens is 1. The van der Waals surface area contributed by atoms with Gasteiger partial charge >= 0.3 is 0 Å². The van der Waals surface area contributed by atoms with Crippen molar-refractivity contribution in [3.8, 4) is 22.8 Å². The molecule has 0 fully saturated rings. The maximum absolute atomic E-state index is 11.7. The van der Waals surface area contributed by atoms with Gasteiger partial charge in [0.25, 0.3) is 5.56 Å². The van der Waals surface area contributed by atoms with Gasteiger partial charge in [0.05, 0.1) is 5.69 Å². The summed E-state index contributed by atoms with van der Waals surface area (Å²) in [6.45, 7) is 1.74. The van der Waals surface area contributed by atoms with Gasteiger partial charge in [-0.1, -0.05) is 0 Å². The van der Waals surface area contributed by atoms with Crippen LogP contribution in [0.1, 0.15) is 5.69 Å². The van der Waals surface area contributed by atoms with Crippen molar-refractivity contribution in [1.82, 2.24) is 14.5 Å². The minimum atomic E-state index is -0.202. The number of hydrogen-bond donors (Lipinski definition) is 4. The SMILES string of the molecule is Cc1cc(=O)n(C)c(NNc2nc(-c3ccc(O)c(O)c3)cs2)n1.Cl. The summed E-state index contributed by atoms with van der Waals surface area (Å²) in [5, 5.41) is 21.3. The molecule has 25 heavy (non-hydrogen) atoms. The molecule has 3 rings (SSSR count). The normalized spacial score (nSPS) is 10.2. The molecule has 1 aromatic carbocycles. The zero-order valence-corrected chi connectivity index (χ0v) is 15.0. The van der Waals surface area contributed by atoms with E-state index in [2.05, 4.69) is 20.8 Å². The number of phenolic OH excluding ortho intramolecular Hbond substituents is 2. The molecule has 0 spiro atoms. The van der Waals surface area contributed by atoms with Gasteiger partial charge in [0, 0.05) is 29.8 Å². The fourth-order valence-corrected chi connectivity index (χ4v) is 2.69. The summed E-state index contributed by atoms with van der Waals surface area (Å²) in [5.74, 6) is -0.00782. The standard InChI is InChI=1S/C15H15N5O3S.ClH/c1-8-5-13(23)20(2)14(16-8)18-19-15-17-10(7-24-15)9-3-4-11(21)12(22)6-9;/h3-7,21-22H,1-2H3,(H,16,18)(H,17,19);1H. The zero-order valence-electron chi connectivity index (χ0n) is 13.3. The minimum absolute atomic E-state index is 0. The third-order valence-corrected chi connectivity index (χ3v) is 4.08. The fraction of sp³-hybridized carbons (Fsp3) is 0.133. The number of nitrogens with zero attached hydrogens (tertiary/aromatic N) is 3. The van der Waals surface area contributed by atoms with Crippen LogP contribution in [0.2, 0.25) is 0 Å². The van der Waals surface area contributed by atoms with E-state index in [1.807, 2.05) is 0 Å². The van der Waals surface area contributed by atoms with Gasteiger partial charge in [-0.3, -0.25) is 20.2 Å². The van der Waals surface area contributed by atoms with Crippen LogP contribution in [0.25, 0.3) is 11.3 Å². The molecule has 0 radical (unpaired) electrons. The predicted molar refractivity (Wildman–Crippen MR) is 99.6 cm³/mol. The van der Waals surface area contributed by atoms with Gasteiger partial charge in [-0.05, 0) is 25.1 Å². The zero-order chi connectivity index (χ0) is 17.3. The molecule has 0 unspecified atom stereocenters. The van der Waals surface area contributed by atoms with E-state index in [0.717, 1.165) is 0 Å². The van der Waals surface area contributed by atoms with E-state index >= 15 is 0 Å². The van der Waals surface area contributed by atoms with E-state index in [9.17, 15) is 15.0 Å². The Labute approximate surface area is 153 Å². The third-order valence-electron chi connectivity index (χ3n) is 3.32. The number of aromatic nitrogens is 3. The summed E-state index contributed by atoms with van der Waals surface area (Å²) in [7, 11) is 1.62. The number of benzene rings is 1. The lowest BCUT2D eigenvalue weighted by Crippen LogP contribution is -2.24. The largest absolute Gasteiger partial charge is 0.504 e. The molecular formula is C15H16ClN5O3S. The molecule has 132 valence electrons. The lowest BCUT2D eigenvalue weighted by Gasteiger charge is -2.10. The lowest BCUT2D eigenvalue weighted by atomic mass is 10.1. The summed E-state index contributed by atoms with van der Waals surface area (Å²) >= 11 is 1.34. The molecule has 0 aliphatic carbocycles. The number of phenols is 2. The highest BCUT2D eigenvalue weighted by atomic mass is 35.5. The first-order valence-corrected chi connectivity index (χ1v) is 7.86. The second-order valence-electron chi connectivity index (χ2n) is 5.11. The molecule has 4 N–H and O–H groups in total. The number of hydrogen-bond acceptors (Lipinski definition) is 8. The molecule has 0 bridgehead atoms. The van der Waals surface area contributed by atoms with Crippen LogP contribution in [0.3, 0.4) is 0 Å². The Morgan fingerprint density at radius 2 is 1.88 bits per heavy atom. The van der Waals surface area contributed by atoms with E-state index in [1.54, 1.807) is 25.4 Å². The lowest BCUT2D eigenvalue weighted by molar-refractivity contribution is 0.404. The average molecular weight is 382 g/mol. The minimum Gasteiger partial charge on any atom is -0.504 e. The van der Waals surface area contributed by atoms with Crippen molar-refractivity contribution in [3.05, 3.63) is 45.7 Å². The van der Waals surface area contributed by atoms with Crippen LogP contribution in [-0.2, 0) is 7.05 Å². The van der Waals surface area contributed by atoms with Gasteiger partial charge in [0.2, 0.25) is 11.1 Å². The molecule has 0 aliphatic heterocycles. The maximum Gasteiger partial charge on any atom is 0.254 e. The Bertz CT molecular complexity index is 957. The van der Waals surface area contributed by atoms with Crippen molar-refractivity contribution in [2.75, 3.05) is 10.9 Å². The smallest absolute Gasteiger partial charge is 0.254 e. The van der Waals surface area contributed by atoms with E-state index in [1.165, 1.54) is 34.1 Å². The van der Waals surface area contributed by atoms with Crippen molar-refractivity contribution < 1.29 is 10.2 Å². The highest BCUT2D eigenvalue weighted by Gasteiger charge is 2.08. The van der Waals surface area contributed by atoms with E-state index in [-0.39, 0.29) is 29.5 Å². The number of aryl methyl sites for hydroxylation is 1. The van der Waals surface area contributed by atoms with Crippen LogP contribution in [0.4, 0.5) is 11.1 Å². The number of nitrogens with one attached hydrogen (secondary N) is 2.